The van der Waals surface area contributed by atoms with Crippen LogP contribution in [0.1, 0.15) is 24.1 Å². The Kier molecular flexibility index (Phi) is 3.90. The number of hydrogen-bond acceptors (Lipinski definition) is 4. The molecule has 1 aromatic heterocycles. The van der Waals surface area contributed by atoms with Crippen LogP contribution in [0.15, 0.2) is 18.2 Å². The Morgan fingerprint density at radius 3 is 2.53 bits per heavy atom. The zero-order chi connectivity index (χ0) is 14.0. The van der Waals surface area contributed by atoms with Crippen LogP contribution in [0.25, 0.3) is 10.9 Å². The van der Waals surface area contributed by atoms with Crippen LogP contribution in [-0.2, 0) is 0 Å². The third-order valence-corrected chi connectivity index (χ3v) is 3.36. The van der Waals surface area contributed by atoms with Gasteiger partial charge in [0, 0.05) is 29.6 Å². The summed E-state index contributed by atoms with van der Waals surface area (Å²) in [5.74, 6) is 1.72. The molecule has 2 N–H and O–H groups in total. The van der Waals surface area contributed by atoms with Crippen LogP contribution in [0.3, 0.4) is 0 Å². The molecule has 1 aromatic carbocycles. The summed E-state index contributed by atoms with van der Waals surface area (Å²) in [5.41, 5.74) is 8.76. The number of aromatic nitrogens is 1. The van der Waals surface area contributed by atoms with E-state index in [0.29, 0.717) is 6.54 Å². The van der Waals surface area contributed by atoms with Gasteiger partial charge in [0.25, 0.3) is 0 Å². The lowest BCUT2D eigenvalue weighted by Gasteiger charge is -2.15. The van der Waals surface area contributed by atoms with Gasteiger partial charge >= 0.3 is 0 Å². The highest BCUT2D eigenvalue weighted by molar-refractivity contribution is 5.87. The minimum atomic E-state index is 0.233. The van der Waals surface area contributed by atoms with Crippen molar-refractivity contribution in [3.8, 4) is 11.5 Å². The summed E-state index contributed by atoms with van der Waals surface area (Å²) >= 11 is 0. The number of pyridine rings is 1. The number of ether oxygens (including phenoxy) is 2. The highest BCUT2D eigenvalue weighted by atomic mass is 16.5. The number of benzene rings is 1. The zero-order valence-corrected chi connectivity index (χ0v) is 11.9. The molecule has 0 radical (unpaired) electrons. The van der Waals surface area contributed by atoms with Gasteiger partial charge in [0.2, 0.25) is 0 Å². The molecule has 0 bridgehead atoms. The fourth-order valence-corrected chi connectivity index (χ4v) is 2.23. The first-order valence-corrected chi connectivity index (χ1v) is 6.34. The first kappa shape index (κ1) is 13.6. The van der Waals surface area contributed by atoms with E-state index in [9.17, 15) is 0 Å². The van der Waals surface area contributed by atoms with Gasteiger partial charge in [-0.2, -0.15) is 0 Å². The molecule has 2 aromatic rings. The van der Waals surface area contributed by atoms with Crippen molar-refractivity contribution < 1.29 is 9.47 Å². The van der Waals surface area contributed by atoms with Crippen molar-refractivity contribution in [3.05, 3.63) is 29.5 Å². The van der Waals surface area contributed by atoms with Gasteiger partial charge in [-0.25, -0.2) is 4.98 Å². The van der Waals surface area contributed by atoms with Gasteiger partial charge in [-0.3, -0.25) is 0 Å². The van der Waals surface area contributed by atoms with Crippen molar-refractivity contribution in [1.82, 2.24) is 4.98 Å². The lowest BCUT2D eigenvalue weighted by Crippen LogP contribution is -2.12. The van der Waals surface area contributed by atoms with Crippen LogP contribution in [-0.4, -0.2) is 25.7 Å². The molecule has 1 atom stereocenters. The standard InChI is InChI=1S/C15H20N2O2/c1-9-5-11-6-12(18-3)7-13(19-4)15(11)17-14(9)10(2)8-16/h5-7,10H,8,16H2,1-4H3. The zero-order valence-electron chi connectivity index (χ0n) is 11.9. The summed E-state index contributed by atoms with van der Waals surface area (Å²) in [7, 11) is 3.29. The Balaban J connectivity index is 2.70. The summed E-state index contributed by atoms with van der Waals surface area (Å²) in [6.07, 6.45) is 0. The Bertz CT molecular complexity index is 596. The number of hydrogen-bond donors (Lipinski definition) is 1. The first-order chi connectivity index (χ1) is 9.10. The smallest absolute Gasteiger partial charge is 0.148 e. The van der Waals surface area contributed by atoms with Gasteiger partial charge in [-0.15, -0.1) is 0 Å². The average molecular weight is 260 g/mol. The van der Waals surface area contributed by atoms with E-state index in [1.54, 1.807) is 14.2 Å². The Morgan fingerprint density at radius 1 is 1.21 bits per heavy atom. The predicted molar refractivity (Wildman–Crippen MR) is 77.1 cm³/mol. The molecule has 19 heavy (non-hydrogen) atoms. The lowest BCUT2D eigenvalue weighted by molar-refractivity contribution is 0.397. The largest absolute Gasteiger partial charge is 0.497 e. The Hall–Kier alpha value is -1.81. The monoisotopic (exact) mass is 260 g/mol. The van der Waals surface area contributed by atoms with E-state index in [1.807, 2.05) is 12.1 Å². The molecule has 4 heteroatoms. The molecule has 0 saturated heterocycles. The summed E-state index contributed by atoms with van der Waals surface area (Å²) in [5, 5.41) is 1.02. The minimum absolute atomic E-state index is 0.233. The van der Waals surface area contributed by atoms with E-state index in [1.165, 1.54) is 0 Å². The normalized spacial score (nSPS) is 12.5. The molecule has 0 saturated carbocycles. The molecule has 1 heterocycles. The van der Waals surface area contributed by atoms with Gasteiger partial charge < -0.3 is 15.2 Å². The number of nitrogens with two attached hydrogens (primary N) is 1. The highest BCUT2D eigenvalue weighted by Gasteiger charge is 2.13. The van der Waals surface area contributed by atoms with Crippen LogP contribution < -0.4 is 15.2 Å². The minimum Gasteiger partial charge on any atom is -0.497 e. The maximum Gasteiger partial charge on any atom is 0.148 e. The van der Waals surface area contributed by atoms with E-state index in [0.717, 1.165) is 33.7 Å². The van der Waals surface area contributed by atoms with E-state index in [4.69, 9.17) is 20.2 Å². The molecule has 0 aliphatic carbocycles. The SMILES string of the molecule is COc1cc(OC)c2nc(C(C)CN)c(C)cc2c1. The van der Waals surface area contributed by atoms with Crippen molar-refractivity contribution in [2.24, 2.45) is 5.73 Å². The topological polar surface area (TPSA) is 57.4 Å². The fraction of sp³-hybridized carbons (Fsp3) is 0.400. The predicted octanol–water partition coefficient (Wildman–Crippen LogP) is 2.62. The molecule has 102 valence electrons. The quantitative estimate of drug-likeness (QED) is 0.918. The van der Waals surface area contributed by atoms with E-state index >= 15 is 0 Å². The molecule has 0 amide bonds. The maximum atomic E-state index is 5.74. The van der Waals surface area contributed by atoms with E-state index in [2.05, 4.69) is 19.9 Å². The van der Waals surface area contributed by atoms with Gasteiger partial charge in [0.15, 0.2) is 0 Å². The second-order valence-corrected chi connectivity index (χ2v) is 4.73. The molecule has 0 aliphatic heterocycles. The Labute approximate surface area is 113 Å². The first-order valence-electron chi connectivity index (χ1n) is 6.34. The molecule has 0 fully saturated rings. The van der Waals surface area contributed by atoms with Gasteiger partial charge in [0.1, 0.15) is 17.0 Å². The summed E-state index contributed by atoms with van der Waals surface area (Å²) in [4.78, 5) is 4.73. The molecule has 2 rings (SSSR count). The van der Waals surface area contributed by atoms with Gasteiger partial charge in [-0.1, -0.05) is 6.92 Å². The molecule has 4 nitrogen and oxygen atoms in total. The summed E-state index contributed by atoms with van der Waals surface area (Å²) in [6.45, 7) is 4.72. The second-order valence-electron chi connectivity index (χ2n) is 4.73. The van der Waals surface area contributed by atoms with Gasteiger partial charge in [-0.05, 0) is 24.6 Å². The third kappa shape index (κ3) is 2.49. The third-order valence-electron chi connectivity index (χ3n) is 3.36. The van der Waals surface area contributed by atoms with E-state index < -0.39 is 0 Å². The number of aryl methyl sites for hydroxylation is 1. The second kappa shape index (κ2) is 5.45. The van der Waals surface area contributed by atoms with Crippen LogP contribution in [0, 0.1) is 6.92 Å². The molecule has 0 aliphatic rings. The summed E-state index contributed by atoms with van der Waals surface area (Å²) in [6, 6.07) is 5.92. The molecular formula is C15H20N2O2. The van der Waals surface area contributed by atoms with E-state index in [-0.39, 0.29) is 5.92 Å². The average Bonchev–Trinajstić information content (AvgIpc) is 2.44. The number of fused-ring (bicyclic) bond motifs is 1. The number of nitrogens with zero attached hydrogens (tertiary/aromatic N) is 1. The number of rotatable bonds is 4. The van der Waals surface area contributed by atoms with Crippen molar-refractivity contribution in [1.29, 1.82) is 0 Å². The maximum absolute atomic E-state index is 5.74. The van der Waals surface area contributed by atoms with Crippen LogP contribution in [0.5, 0.6) is 11.5 Å². The van der Waals surface area contributed by atoms with Crippen molar-refractivity contribution in [2.45, 2.75) is 19.8 Å². The molecule has 1 unspecified atom stereocenters. The van der Waals surface area contributed by atoms with Crippen molar-refractivity contribution >= 4 is 10.9 Å². The summed E-state index contributed by atoms with van der Waals surface area (Å²) < 4.78 is 10.7. The van der Waals surface area contributed by atoms with Crippen molar-refractivity contribution in [2.75, 3.05) is 20.8 Å². The van der Waals surface area contributed by atoms with Crippen molar-refractivity contribution in [3.63, 3.8) is 0 Å². The highest BCUT2D eigenvalue weighted by Crippen LogP contribution is 2.32. The van der Waals surface area contributed by atoms with Crippen LogP contribution in [0.2, 0.25) is 0 Å². The number of methoxy groups -OCH3 is 2. The molecule has 0 spiro atoms. The van der Waals surface area contributed by atoms with Crippen LogP contribution >= 0.6 is 0 Å². The fourth-order valence-electron chi connectivity index (χ4n) is 2.23. The lowest BCUT2D eigenvalue weighted by atomic mass is 10.0. The van der Waals surface area contributed by atoms with Gasteiger partial charge in [0.05, 0.1) is 14.2 Å². The molecular weight excluding hydrogens is 240 g/mol. The Morgan fingerprint density at radius 2 is 1.95 bits per heavy atom. The van der Waals surface area contributed by atoms with Crippen LogP contribution in [0.4, 0.5) is 0 Å².